The molecule has 0 saturated heterocycles. The number of urea groups is 1. The first-order chi connectivity index (χ1) is 8.93. The van der Waals surface area contributed by atoms with Crippen molar-refractivity contribution in [2.24, 2.45) is 5.41 Å². The average molecular weight is 305 g/mol. The maximum atomic E-state index is 11.6. The van der Waals surface area contributed by atoms with Crippen LogP contribution in [0.4, 0.5) is 4.79 Å². The number of rotatable bonds is 7. The van der Waals surface area contributed by atoms with Gasteiger partial charge in [0, 0.05) is 24.6 Å². The third-order valence-electron chi connectivity index (χ3n) is 2.80. The van der Waals surface area contributed by atoms with Crippen molar-refractivity contribution in [3.8, 4) is 0 Å². The molecule has 0 aliphatic carbocycles. The zero-order valence-electron chi connectivity index (χ0n) is 11.3. The third kappa shape index (κ3) is 6.80. The van der Waals surface area contributed by atoms with Crippen molar-refractivity contribution in [2.45, 2.75) is 26.7 Å². The molecule has 0 fully saturated rings. The molecule has 0 unspecified atom stereocenters. The number of hydrogen-bond acceptors (Lipinski definition) is 3. The summed E-state index contributed by atoms with van der Waals surface area (Å²) in [6, 6.07) is 3.66. The van der Waals surface area contributed by atoms with Crippen molar-refractivity contribution in [3.63, 3.8) is 0 Å². The molecule has 0 radical (unpaired) electrons. The topological polar surface area (TPSA) is 61.4 Å². The predicted molar refractivity (Wildman–Crippen MR) is 79.9 cm³/mol. The molecule has 1 aromatic heterocycles. The fourth-order valence-corrected chi connectivity index (χ4v) is 2.65. The Bertz CT molecular complexity index is 407. The highest BCUT2D eigenvalue weighted by Crippen LogP contribution is 2.21. The van der Waals surface area contributed by atoms with E-state index in [1.54, 1.807) is 0 Å². The minimum Gasteiger partial charge on any atom is -0.396 e. The van der Waals surface area contributed by atoms with Crippen LogP contribution in [0.3, 0.4) is 0 Å². The van der Waals surface area contributed by atoms with Crippen molar-refractivity contribution in [1.29, 1.82) is 0 Å². The van der Waals surface area contributed by atoms with E-state index in [0.29, 0.717) is 19.5 Å². The lowest BCUT2D eigenvalue weighted by Crippen LogP contribution is -2.41. The van der Waals surface area contributed by atoms with Gasteiger partial charge < -0.3 is 15.7 Å². The molecule has 108 valence electrons. The molecule has 0 saturated carbocycles. The monoisotopic (exact) mass is 304 g/mol. The number of nitrogens with one attached hydrogen (secondary N) is 2. The summed E-state index contributed by atoms with van der Waals surface area (Å²) in [5, 5.41) is 14.5. The first-order valence-corrected chi connectivity index (χ1v) is 7.49. The first-order valence-electron chi connectivity index (χ1n) is 6.30. The summed E-state index contributed by atoms with van der Waals surface area (Å²) in [4.78, 5) is 12.7. The first kappa shape index (κ1) is 16.3. The molecule has 0 aromatic carbocycles. The smallest absolute Gasteiger partial charge is 0.314 e. The Morgan fingerprint density at radius 1 is 1.42 bits per heavy atom. The second-order valence-electron chi connectivity index (χ2n) is 5.20. The highest BCUT2D eigenvalue weighted by molar-refractivity contribution is 7.16. The number of amides is 2. The van der Waals surface area contributed by atoms with Gasteiger partial charge in [-0.2, -0.15) is 0 Å². The number of carbonyl (C=O) groups excluding carboxylic acids is 1. The molecule has 0 aliphatic heterocycles. The minimum atomic E-state index is -0.173. The Labute approximate surface area is 123 Å². The highest BCUT2D eigenvalue weighted by atomic mass is 35.5. The number of halogens is 1. The number of thiophene rings is 1. The van der Waals surface area contributed by atoms with Crippen molar-refractivity contribution in [2.75, 3.05) is 19.7 Å². The van der Waals surface area contributed by atoms with Gasteiger partial charge in [-0.3, -0.25) is 0 Å². The van der Waals surface area contributed by atoms with Gasteiger partial charge in [-0.1, -0.05) is 25.4 Å². The second-order valence-corrected chi connectivity index (χ2v) is 7.00. The van der Waals surface area contributed by atoms with E-state index in [9.17, 15) is 4.79 Å². The Balaban J connectivity index is 2.18. The lowest BCUT2D eigenvalue weighted by molar-refractivity contribution is 0.201. The average Bonchev–Trinajstić information content (AvgIpc) is 2.73. The van der Waals surface area contributed by atoms with E-state index in [-0.39, 0.29) is 18.1 Å². The summed E-state index contributed by atoms with van der Waals surface area (Å²) < 4.78 is 0.769. The van der Waals surface area contributed by atoms with Gasteiger partial charge in [-0.05, 0) is 30.4 Å². The van der Waals surface area contributed by atoms with Gasteiger partial charge in [0.25, 0.3) is 0 Å². The molecule has 1 aromatic rings. The van der Waals surface area contributed by atoms with E-state index >= 15 is 0 Å². The maximum Gasteiger partial charge on any atom is 0.314 e. The molecule has 6 heteroatoms. The lowest BCUT2D eigenvalue weighted by Gasteiger charge is -2.23. The van der Waals surface area contributed by atoms with Gasteiger partial charge in [-0.25, -0.2) is 4.79 Å². The van der Waals surface area contributed by atoms with E-state index in [4.69, 9.17) is 16.7 Å². The predicted octanol–water partition coefficient (Wildman–Crippen LogP) is 2.65. The number of aliphatic hydroxyl groups is 1. The van der Waals surface area contributed by atoms with Crippen molar-refractivity contribution in [1.82, 2.24) is 10.6 Å². The molecular weight excluding hydrogens is 284 g/mol. The van der Waals surface area contributed by atoms with Crippen molar-refractivity contribution >= 4 is 29.0 Å². The Hall–Kier alpha value is -0.780. The number of carbonyl (C=O) groups is 1. The minimum absolute atomic E-state index is 0.0899. The van der Waals surface area contributed by atoms with Gasteiger partial charge >= 0.3 is 6.03 Å². The standard InChI is InChI=1S/C13H21ClN2O2S/c1-13(2,6-8-17)9-16-12(18)15-7-5-10-3-4-11(14)19-10/h3-4,17H,5-9H2,1-2H3,(H2,15,16,18). The van der Waals surface area contributed by atoms with E-state index in [1.165, 1.54) is 11.3 Å². The third-order valence-corrected chi connectivity index (χ3v) is 4.09. The SMILES string of the molecule is CC(C)(CCO)CNC(=O)NCCc1ccc(Cl)s1. The van der Waals surface area contributed by atoms with Crippen LogP contribution in [-0.2, 0) is 6.42 Å². The fourth-order valence-electron chi connectivity index (χ4n) is 1.56. The van der Waals surface area contributed by atoms with E-state index < -0.39 is 0 Å². The van der Waals surface area contributed by atoms with Gasteiger partial charge in [0.15, 0.2) is 0 Å². The summed E-state index contributed by atoms with van der Waals surface area (Å²) in [5.74, 6) is 0. The molecule has 0 aliphatic rings. The molecule has 0 atom stereocenters. The molecule has 0 bridgehead atoms. The van der Waals surface area contributed by atoms with Crippen molar-refractivity contribution < 1.29 is 9.90 Å². The Morgan fingerprint density at radius 3 is 2.74 bits per heavy atom. The van der Waals surface area contributed by atoms with Crippen LogP contribution in [0.2, 0.25) is 4.34 Å². The second kappa shape index (κ2) is 7.72. The van der Waals surface area contributed by atoms with Gasteiger partial charge in [0.1, 0.15) is 0 Å². The van der Waals surface area contributed by atoms with Crippen molar-refractivity contribution in [3.05, 3.63) is 21.3 Å². The maximum absolute atomic E-state index is 11.6. The van der Waals surface area contributed by atoms with E-state index in [1.807, 2.05) is 26.0 Å². The van der Waals surface area contributed by atoms with Gasteiger partial charge in [0.05, 0.1) is 4.34 Å². The Morgan fingerprint density at radius 2 is 2.16 bits per heavy atom. The highest BCUT2D eigenvalue weighted by Gasteiger charge is 2.17. The molecule has 1 rings (SSSR count). The molecule has 4 nitrogen and oxygen atoms in total. The van der Waals surface area contributed by atoms with Crippen LogP contribution in [0.1, 0.15) is 25.1 Å². The lowest BCUT2D eigenvalue weighted by atomic mass is 9.90. The molecule has 2 amide bonds. The Kier molecular flexibility index (Phi) is 6.62. The summed E-state index contributed by atoms with van der Waals surface area (Å²) in [6.45, 7) is 5.29. The normalized spacial score (nSPS) is 11.4. The summed E-state index contributed by atoms with van der Waals surface area (Å²) in [7, 11) is 0. The molecule has 19 heavy (non-hydrogen) atoms. The molecular formula is C13H21ClN2O2S. The number of hydrogen-bond donors (Lipinski definition) is 3. The molecule has 0 spiro atoms. The van der Waals surface area contributed by atoms with Crippen LogP contribution in [-0.4, -0.2) is 30.8 Å². The van der Waals surface area contributed by atoms with E-state index in [2.05, 4.69) is 10.6 Å². The quantitative estimate of drug-likeness (QED) is 0.725. The largest absolute Gasteiger partial charge is 0.396 e. The van der Waals surface area contributed by atoms with Gasteiger partial charge in [0.2, 0.25) is 0 Å². The fraction of sp³-hybridized carbons (Fsp3) is 0.615. The van der Waals surface area contributed by atoms with Crippen LogP contribution in [0, 0.1) is 5.41 Å². The van der Waals surface area contributed by atoms with Crippen LogP contribution >= 0.6 is 22.9 Å². The zero-order valence-corrected chi connectivity index (χ0v) is 12.9. The summed E-state index contributed by atoms with van der Waals surface area (Å²) >= 11 is 7.36. The van der Waals surface area contributed by atoms with Gasteiger partial charge in [-0.15, -0.1) is 11.3 Å². The summed E-state index contributed by atoms with van der Waals surface area (Å²) in [6.07, 6.45) is 1.45. The van der Waals surface area contributed by atoms with Crippen LogP contribution in [0.15, 0.2) is 12.1 Å². The van der Waals surface area contributed by atoms with Crippen LogP contribution in [0.5, 0.6) is 0 Å². The summed E-state index contributed by atoms with van der Waals surface area (Å²) in [5.41, 5.74) is -0.0899. The van der Waals surface area contributed by atoms with Crippen LogP contribution < -0.4 is 10.6 Å². The molecule has 3 N–H and O–H groups in total. The van der Waals surface area contributed by atoms with E-state index in [0.717, 1.165) is 15.6 Å². The number of aliphatic hydroxyl groups excluding tert-OH is 1. The zero-order chi connectivity index (χ0) is 14.3. The van der Waals surface area contributed by atoms with Crippen LogP contribution in [0.25, 0.3) is 0 Å². The molecule has 1 heterocycles.